The molecule has 0 bridgehead atoms. The first-order valence-corrected chi connectivity index (χ1v) is 3.00. The van der Waals surface area contributed by atoms with Crippen LogP contribution in [0.2, 0.25) is 0 Å². The topological polar surface area (TPSA) is 76.1 Å². The van der Waals surface area contributed by atoms with Crippen LogP contribution in [-0.4, -0.2) is 19.6 Å². The van der Waals surface area contributed by atoms with Gasteiger partial charge in [0.25, 0.3) is 6.47 Å². The predicted molar refractivity (Wildman–Crippen MR) is 34.8 cm³/mol. The zero-order valence-electron chi connectivity index (χ0n) is 5.62. The van der Waals surface area contributed by atoms with Crippen molar-refractivity contribution in [3.63, 3.8) is 0 Å². The highest BCUT2D eigenvalue weighted by molar-refractivity contribution is 5.36. The van der Waals surface area contributed by atoms with Gasteiger partial charge in [0.1, 0.15) is 0 Å². The third-order valence-corrected chi connectivity index (χ3v) is 1.12. The molecule has 1 atom stereocenters. The van der Waals surface area contributed by atoms with E-state index in [0.717, 1.165) is 0 Å². The molecule has 0 saturated heterocycles. The first kappa shape index (κ1) is 8.92. The summed E-state index contributed by atoms with van der Waals surface area (Å²) < 4.78 is 4.38. The van der Waals surface area contributed by atoms with Crippen molar-refractivity contribution in [2.75, 3.05) is 13.2 Å². The van der Waals surface area contributed by atoms with Crippen LogP contribution in [0.3, 0.4) is 0 Å². The van der Waals surface area contributed by atoms with E-state index in [1.807, 2.05) is 6.07 Å². The molecule has 10 heavy (non-hydrogen) atoms. The number of hydrogen-bond acceptors (Lipinski definition) is 4. The minimum Gasteiger partial charge on any atom is -0.468 e. The normalized spacial score (nSPS) is 11.6. The number of ether oxygens (including phenoxy) is 1. The molecule has 0 aliphatic rings. The number of hydrogen-bond donors (Lipinski definition) is 1. The number of nitrogens with zero attached hydrogens (tertiary/aromatic N) is 1. The van der Waals surface area contributed by atoms with Crippen molar-refractivity contribution in [3.8, 4) is 6.07 Å². The molecule has 2 N–H and O–H groups in total. The Morgan fingerprint density at radius 1 is 1.80 bits per heavy atom. The van der Waals surface area contributed by atoms with E-state index in [1.165, 1.54) is 0 Å². The Hall–Kier alpha value is -1.08. The van der Waals surface area contributed by atoms with Gasteiger partial charge in [-0.05, 0) is 6.42 Å². The summed E-state index contributed by atoms with van der Waals surface area (Å²) in [6.07, 6.45) is 0.520. The lowest BCUT2D eigenvalue weighted by Crippen LogP contribution is -2.14. The van der Waals surface area contributed by atoms with E-state index < -0.39 is 0 Å². The summed E-state index contributed by atoms with van der Waals surface area (Å²) in [6, 6.07) is 1.99. The van der Waals surface area contributed by atoms with Crippen molar-refractivity contribution in [3.05, 3.63) is 0 Å². The van der Waals surface area contributed by atoms with Crippen LogP contribution >= 0.6 is 0 Å². The molecule has 0 spiro atoms. The highest BCUT2D eigenvalue weighted by Gasteiger charge is 2.02. The lowest BCUT2D eigenvalue weighted by Gasteiger charge is -2.02. The summed E-state index contributed by atoms with van der Waals surface area (Å²) in [4.78, 5) is 9.63. The van der Waals surface area contributed by atoms with Crippen molar-refractivity contribution in [2.45, 2.75) is 6.42 Å². The third kappa shape index (κ3) is 3.87. The summed E-state index contributed by atoms with van der Waals surface area (Å²) in [5.41, 5.74) is 5.20. The van der Waals surface area contributed by atoms with Gasteiger partial charge in [0.2, 0.25) is 0 Å². The summed E-state index contributed by atoms with van der Waals surface area (Å²) in [7, 11) is 0. The molecule has 0 amide bonds. The summed E-state index contributed by atoms with van der Waals surface area (Å²) in [5.74, 6) is -0.194. The largest absolute Gasteiger partial charge is 0.468 e. The van der Waals surface area contributed by atoms with Gasteiger partial charge in [0, 0.05) is 6.54 Å². The third-order valence-electron chi connectivity index (χ3n) is 1.12. The molecule has 4 nitrogen and oxygen atoms in total. The van der Waals surface area contributed by atoms with Gasteiger partial charge in [-0.1, -0.05) is 0 Å². The maximum Gasteiger partial charge on any atom is 0.293 e. The second-order valence-electron chi connectivity index (χ2n) is 1.82. The van der Waals surface area contributed by atoms with Gasteiger partial charge in [-0.15, -0.1) is 0 Å². The maximum atomic E-state index is 9.63. The second-order valence-corrected chi connectivity index (χ2v) is 1.82. The molecule has 0 fully saturated rings. The summed E-state index contributed by atoms with van der Waals surface area (Å²) in [5, 5.41) is 8.35. The molecule has 0 aromatic carbocycles. The Labute approximate surface area is 59.6 Å². The standard InChI is InChI=1S/C6H10N2O2/c7-3-6(4-8)1-2-10-5-9/h5-6H,1-3,7H2. The average Bonchev–Trinajstić information content (AvgIpc) is 1.99. The van der Waals surface area contributed by atoms with E-state index >= 15 is 0 Å². The Bertz CT molecular complexity index is 130. The number of rotatable bonds is 5. The van der Waals surface area contributed by atoms with Gasteiger partial charge in [-0.2, -0.15) is 5.26 Å². The molecule has 0 saturated carbocycles. The van der Waals surface area contributed by atoms with Gasteiger partial charge in [-0.3, -0.25) is 4.79 Å². The van der Waals surface area contributed by atoms with Gasteiger partial charge >= 0.3 is 0 Å². The zero-order valence-corrected chi connectivity index (χ0v) is 5.62. The van der Waals surface area contributed by atoms with E-state index in [2.05, 4.69) is 4.74 Å². The van der Waals surface area contributed by atoms with E-state index in [0.29, 0.717) is 19.4 Å². The molecule has 0 heterocycles. The predicted octanol–water partition coefficient (Wildman–Crippen LogP) is -0.352. The Morgan fingerprint density at radius 2 is 2.50 bits per heavy atom. The van der Waals surface area contributed by atoms with E-state index in [1.54, 1.807) is 0 Å². The zero-order chi connectivity index (χ0) is 7.82. The van der Waals surface area contributed by atoms with Crippen LogP contribution in [0.1, 0.15) is 6.42 Å². The van der Waals surface area contributed by atoms with Crippen LogP contribution in [-0.2, 0) is 9.53 Å². The van der Waals surface area contributed by atoms with Crippen LogP contribution < -0.4 is 5.73 Å². The maximum absolute atomic E-state index is 9.63. The Kier molecular flexibility index (Phi) is 5.39. The van der Waals surface area contributed by atoms with Crippen molar-refractivity contribution in [1.82, 2.24) is 0 Å². The Morgan fingerprint density at radius 3 is 2.90 bits per heavy atom. The first-order valence-electron chi connectivity index (χ1n) is 3.00. The number of nitrogens with two attached hydrogens (primary N) is 1. The van der Waals surface area contributed by atoms with Crippen molar-refractivity contribution in [2.24, 2.45) is 11.7 Å². The fourth-order valence-electron chi connectivity index (χ4n) is 0.494. The summed E-state index contributed by atoms with van der Waals surface area (Å²) >= 11 is 0. The van der Waals surface area contributed by atoms with Gasteiger partial charge in [-0.25, -0.2) is 0 Å². The van der Waals surface area contributed by atoms with Gasteiger partial charge in [0.15, 0.2) is 0 Å². The lowest BCUT2D eigenvalue weighted by atomic mass is 10.1. The van der Waals surface area contributed by atoms with Crippen molar-refractivity contribution < 1.29 is 9.53 Å². The fraction of sp³-hybridized carbons (Fsp3) is 0.667. The van der Waals surface area contributed by atoms with Crippen LogP contribution in [0.4, 0.5) is 0 Å². The second kappa shape index (κ2) is 6.05. The molecule has 0 aliphatic carbocycles. The minimum atomic E-state index is -0.194. The molecular weight excluding hydrogens is 132 g/mol. The molecule has 1 unspecified atom stereocenters. The summed E-state index contributed by atoms with van der Waals surface area (Å²) in [6.45, 7) is 0.961. The van der Waals surface area contributed by atoms with Crippen LogP contribution in [0.25, 0.3) is 0 Å². The molecule has 0 aromatic heterocycles. The average molecular weight is 142 g/mol. The molecule has 4 heteroatoms. The monoisotopic (exact) mass is 142 g/mol. The van der Waals surface area contributed by atoms with E-state index in [9.17, 15) is 4.79 Å². The van der Waals surface area contributed by atoms with Crippen molar-refractivity contribution in [1.29, 1.82) is 5.26 Å². The quantitative estimate of drug-likeness (QED) is 0.420. The molecule has 0 aliphatic heterocycles. The van der Waals surface area contributed by atoms with E-state index in [4.69, 9.17) is 11.0 Å². The molecular formula is C6H10N2O2. The molecule has 0 rings (SSSR count). The molecule has 56 valence electrons. The van der Waals surface area contributed by atoms with Crippen LogP contribution in [0, 0.1) is 17.2 Å². The number of nitriles is 1. The first-order chi connectivity index (χ1) is 4.85. The highest BCUT2D eigenvalue weighted by atomic mass is 16.5. The Balaban J connectivity index is 3.28. The van der Waals surface area contributed by atoms with Crippen LogP contribution in [0.5, 0.6) is 0 Å². The van der Waals surface area contributed by atoms with Crippen molar-refractivity contribution >= 4 is 6.47 Å². The SMILES string of the molecule is N#CC(CN)CCOC=O. The highest BCUT2D eigenvalue weighted by Crippen LogP contribution is 1.97. The number of carbonyl (C=O) groups excluding carboxylic acids is 1. The fourth-order valence-corrected chi connectivity index (χ4v) is 0.494. The van der Waals surface area contributed by atoms with Gasteiger partial charge in [0.05, 0.1) is 18.6 Å². The lowest BCUT2D eigenvalue weighted by molar-refractivity contribution is -0.128. The van der Waals surface area contributed by atoms with Gasteiger partial charge < -0.3 is 10.5 Å². The number of carbonyl (C=O) groups is 1. The minimum absolute atomic E-state index is 0.194. The molecule has 0 radical (unpaired) electrons. The van der Waals surface area contributed by atoms with E-state index in [-0.39, 0.29) is 12.5 Å². The molecule has 0 aromatic rings. The van der Waals surface area contributed by atoms with Crippen LogP contribution in [0.15, 0.2) is 0 Å². The smallest absolute Gasteiger partial charge is 0.293 e.